The molecule has 0 saturated carbocycles. The summed E-state index contributed by atoms with van der Waals surface area (Å²) in [6, 6.07) is 0. The molecule has 0 heterocycles. The second-order valence-corrected chi connectivity index (χ2v) is 19.9. The number of rotatable bonds is 54. The lowest BCUT2D eigenvalue weighted by atomic mass is 10.1. The molecule has 0 N–H and O–H groups in total. The van der Waals surface area contributed by atoms with Crippen molar-refractivity contribution in [3.8, 4) is 0 Å². The van der Waals surface area contributed by atoms with Crippen LogP contribution in [0.2, 0.25) is 0 Å². The van der Waals surface area contributed by atoms with Gasteiger partial charge in [0.25, 0.3) is 0 Å². The Morgan fingerprint density at radius 1 is 0.286 bits per heavy atom. The Balaban J connectivity index is 4.22. The van der Waals surface area contributed by atoms with Gasteiger partial charge in [0.15, 0.2) is 6.10 Å². The number of carbonyl (C=O) groups is 3. The Bertz CT molecular complexity index is 1740. The highest BCUT2D eigenvalue weighted by Crippen LogP contribution is 2.14. The predicted octanol–water partition coefficient (Wildman–Crippen LogP) is 21.3. The van der Waals surface area contributed by atoms with Crippen LogP contribution >= 0.6 is 0 Å². The van der Waals surface area contributed by atoms with Gasteiger partial charge in [-0.3, -0.25) is 14.4 Å². The van der Waals surface area contributed by atoms with Gasteiger partial charge in [0, 0.05) is 12.8 Å². The SMILES string of the molecule is CC/C=C\C/C=C\C/C=C\C/C=C\C/C=C\C/C=C\C/C=C\C/C=C\CCCCCCCCCCCCC(=O)OCC(COC(=O)CCCCCCCCCCC)OC(=O)C/C=C\C/C=C\C/C=C\C/C=C\C/C=C\CC. The van der Waals surface area contributed by atoms with Gasteiger partial charge in [0.05, 0.1) is 6.42 Å². The first-order chi connectivity index (χ1) is 38.0. The summed E-state index contributed by atoms with van der Waals surface area (Å²) >= 11 is 0. The van der Waals surface area contributed by atoms with E-state index in [-0.39, 0.29) is 31.6 Å². The smallest absolute Gasteiger partial charge is 0.310 e. The number of hydrogen-bond acceptors (Lipinski definition) is 6. The second-order valence-electron chi connectivity index (χ2n) is 19.9. The number of carbonyl (C=O) groups excluding carboxylic acids is 3. The molecule has 0 aliphatic carbocycles. The van der Waals surface area contributed by atoms with E-state index in [0.717, 1.165) is 122 Å². The lowest BCUT2D eigenvalue weighted by Crippen LogP contribution is -2.30. The molecule has 432 valence electrons. The summed E-state index contributed by atoms with van der Waals surface area (Å²) in [6.07, 6.45) is 92.9. The molecule has 0 aromatic carbocycles. The summed E-state index contributed by atoms with van der Waals surface area (Å²) in [5.74, 6) is -1.06. The third-order valence-corrected chi connectivity index (χ3v) is 12.6. The fourth-order valence-electron chi connectivity index (χ4n) is 8.00. The average molecular weight is 1060 g/mol. The van der Waals surface area contributed by atoms with Crippen molar-refractivity contribution in [1.29, 1.82) is 0 Å². The third kappa shape index (κ3) is 61.8. The fraction of sp³-hybridized carbons (Fsp3) is 0.592. The van der Waals surface area contributed by atoms with Crippen LogP contribution < -0.4 is 0 Å². The van der Waals surface area contributed by atoms with Crippen molar-refractivity contribution < 1.29 is 28.6 Å². The zero-order valence-electron chi connectivity index (χ0n) is 49.4. The maximum Gasteiger partial charge on any atom is 0.310 e. The molecular formula is C71H112O6. The first-order valence-corrected chi connectivity index (χ1v) is 31.0. The van der Waals surface area contributed by atoms with E-state index in [0.29, 0.717) is 19.3 Å². The minimum Gasteiger partial charge on any atom is -0.462 e. The number of ether oxygens (including phenoxy) is 3. The number of unbranched alkanes of at least 4 members (excludes halogenated alkanes) is 18. The van der Waals surface area contributed by atoms with Gasteiger partial charge in [0.1, 0.15) is 13.2 Å². The van der Waals surface area contributed by atoms with Crippen molar-refractivity contribution in [3.63, 3.8) is 0 Å². The molecule has 0 aromatic rings. The van der Waals surface area contributed by atoms with Crippen LogP contribution in [-0.4, -0.2) is 37.2 Å². The fourth-order valence-corrected chi connectivity index (χ4v) is 8.00. The topological polar surface area (TPSA) is 78.9 Å². The molecule has 1 unspecified atom stereocenters. The van der Waals surface area contributed by atoms with E-state index in [1.165, 1.54) is 83.5 Å². The van der Waals surface area contributed by atoms with Crippen molar-refractivity contribution >= 4 is 17.9 Å². The Morgan fingerprint density at radius 2 is 0.545 bits per heavy atom. The van der Waals surface area contributed by atoms with Gasteiger partial charge < -0.3 is 14.2 Å². The minimum absolute atomic E-state index is 0.0915. The van der Waals surface area contributed by atoms with Gasteiger partial charge >= 0.3 is 17.9 Å². The van der Waals surface area contributed by atoms with Crippen molar-refractivity contribution in [2.45, 2.75) is 258 Å². The summed E-state index contributed by atoms with van der Waals surface area (Å²) in [5.41, 5.74) is 0. The molecule has 0 aromatic heterocycles. The van der Waals surface area contributed by atoms with Crippen LogP contribution in [0, 0.1) is 0 Å². The molecule has 0 rings (SSSR count). The molecule has 1 atom stereocenters. The summed E-state index contributed by atoms with van der Waals surface area (Å²) < 4.78 is 16.7. The van der Waals surface area contributed by atoms with E-state index in [1.54, 1.807) is 6.08 Å². The molecule has 0 aliphatic rings. The molecule has 6 heteroatoms. The van der Waals surface area contributed by atoms with Gasteiger partial charge in [-0.15, -0.1) is 0 Å². The molecule has 0 saturated heterocycles. The van der Waals surface area contributed by atoms with Crippen LogP contribution in [0.1, 0.15) is 252 Å². The molecule has 0 spiro atoms. The number of hydrogen-bond donors (Lipinski definition) is 0. The maximum absolute atomic E-state index is 12.8. The van der Waals surface area contributed by atoms with Crippen molar-refractivity contribution in [2.24, 2.45) is 0 Å². The molecular weight excluding hydrogens is 949 g/mol. The van der Waals surface area contributed by atoms with Gasteiger partial charge in [-0.25, -0.2) is 0 Å². The van der Waals surface area contributed by atoms with Crippen LogP contribution in [0.25, 0.3) is 0 Å². The van der Waals surface area contributed by atoms with Gasteiger partial charge in [0.2, 0.25) is 0 Å². The van der Waals surface area contributed by atoms with E-state index in [1.807, 2.05) is 6.08 Å². The Morgan fingerprint density at radius 3 is 0.857 bits per heavy atom. The highest BCUT2D eigenvalue weighted by atomic mass is 16.6. The zero-order valence-corrected chi connectivity index (χ0v) is 49.4. The standard InChI is InChI=1S/C71H112O6/c1-4-7-10-13-16-19-21-23-25-26-27-28-29-30-31-32-33-34-35-36-37-38-39-40-41-42-43-44-46-47-49-52-55-58-61-64-70(73)76-67-68(66-75-69(72)63-60-57-54-51-18-15-12-9-6-3)77-71(74)65-62-59-56-53-50-48-45-24-22-20-17-14-11-8-5-2/h7-8,10-11,16-17,19-20,23-25,27-28,30-31,33-34,36-37,39-40,45,50,53,59,62,68H,4-6,9,12-15,18,21-22,26,29,32,35,38,41-44,46-49,51-52,54-58,60-61,63-67H2,1-3H3/b10-7-,11-8-,19-16-,20-17-,25-23-,28-27-,31-30-,34-33-,37-36-,40-39-,45-24-,53-50-,62-59-. The van der Waals surface area contributed by atoms with Crippen LogP contribution in [0.4, 0.5) is 0 Å². The summed E-state index contributed by atoms with van der Waals surface area (Å²) in [7, 11) is 0. The van der Waals surface area contributed by atoms with Crippen molar-refractivity contribution in [3.05, 3.63) is 158 Å². The third-order valence-electron chi connectivity index (χ3n) is 12.6. The summed E-state index contributed by atoms with van der Waals surface area (Å²) in [4.78, 5) is 38.0. The van der Waals surface area contributed by atoms with Crippen molar-refractivity contribution in [2.75, 3.05) is 13.2 Å². The summed E-state index contributed by atoms with van der Waals surface area (Å²) in [5, 5.41) is 0. The monoisotopic (exact) mass is 1060 g/mol. The second kappa shape index (κ2) is 63.6. The van der Waals surface area contributed by atoms with E-state index >= 15 is 0 Å². The molecule has 77 heavy (non-hydrogen) atoms. The van der Waals surface area contributed by atoms with E-state index in [4.69, 9.17) is 14.2 Å². The molecule has 0 radical (unpaired) electrons. The van der Waals surface area contributed by atoms with E-state index < -0.39 is 12.1 Å². The van der Waals surface area contributed by atoms with Gasteiger partial charge in [-0.1, -0.05) is 281 Å². The minimum atomic E-state index is -0.837. The highest BCUT2D eigenvalue weighted by Gasteiger charge is 2.19. The lowest BCUT2D eigenvalue weighted by molar-refractivity contribution is -0.166. The number of esters is 3. The van der Waals surface area contributed by atoms with E-state index in [9.17, 15) is 14.4 Å². The molecule has 0 bridgehead atoms. The Hall–Kier alpha value is -4.97. The molecule has 6 nitrogen and oxygen atoms in total. The van der Waals surface area contributed by atoms with Crippen LogP contribution in [0.3, 0.4) is 0 Å². The zero-order chi connectivity index (χ0) is 55.7. The maximum atomic E-state index is 12.8. The van der Waals surface area contributed by atoms with E-state index in [2.05, 4.69) is 167 Å². The molecule has 0 amide bonds. The first-order valence-electron chi connectivity index (χ1n) is 31.0. The van der Waals surface area contributed by atoms with Crippen molar-refractivity contribution in [1.82, 2.24) is 0 Å². The Labute approximate surface area is 473 Å². The lowest BCUT2D eigenvalue weighted by Gasteiger charge is -2.18. The average Bonchev–Trinajstić information content (AvgIpc) is 3.43. The van der Waals surface area contributed by atoms with Gasteiger partial charge in [-0.2, -0.15) is 0 Å². The van der Waals surface area contributed by atoms with Crippen LogP contribution in [0.5, 0.6) is 0 Å². The highest BCUT2D eigenvalue weighted by molar-refractivity contribution is 5.72. The predicted molar refractivity (Wildman–Crippen MR) is 334 cm³/mol. The number of allylic oxidation sites excluding steroid dienone is 25. The van der Waals surface area contributed by atoms with Crippen LogP contribution in [0.15, 0.2) is 158 Å². The summed E-state index contributed by atoms with van der Waals surface area (Å²) in [6.45, 7) is 6.29. The first kappa shape index (κ1) is 72.0. The molecule has 0 aliphatic heterocycles. The molecule has 0 fully saturated rings. The van der Waals surface area contributed by atoms with Gasteiger partial charge in [-0.05, 0) is 109 Å². The Kier molecular flexibility index (Phi) is 59.5. The quantitative estimate of drug-likeness (QED) is 0.0261. The normalized spacial score (nSPS) is 13.2. The largest absolute Gasteiger partial charge is 0.462 e. The van der Waals surface area contributed by atoms with Crippen LogP contribution in [-0.2, 0) is 28.6 Å².